The van der Waals surface area contributed by atoms with Gasteiger partial charge in [0.1, 0.15) is 24.4 Å². The van der Waals surface area contributed by atoms with Gasteiger partial charge in [-0.3, -0.25) is 4.99 Å². The summed E-state index contributed by atoms with van der Waals surface area (Å²) in [5.74, 6) is -2.86. The third kappa shape index (κ3) is 8.57. The summed E-state index contributed by atoms with van der Waals surface area (Å²) in [5.41, 5.74) is 15.7. The Balaban J connectivity index is 4.29. The van der Waals surface area contributed by atoms with Crippen LogP contribution in [0.5, 0.6) is 0 Å². The first-order chi connectivity index (χ1) is 11.6. The highest BCUT2D eigenvalue weighted by molar-refractivity contribution is 5.78. The van der Waals surface area contributed by atoms with Crippen molar-refractivity contribution in [2.45, 2.75) is 43.3 Å². The van der Waals surface area contributed by atoms with Crippen molar-refractivity contribution in [2.24, 2.45) is 22.2 Å². The normalized spacial score (nSPS) is 16.9. The number of carbonyl (C=O) groups is 2. The van der Waals surface area contributed by atoms with E-state index in [1.54, 1.807) is 0 Å². The number of nitrogens with two attached hydrogens (primary N) is 3. The van der Waals surface area contributed by atoms with E-state index >= 15 is 0 Å². The first-order valence-corrected chi connectivity index (χ1v) is 7.18. The predicted octanol–water partition coefficient (Wildman–Crippen LogP) is -5.20. The topological polar surface area (TPSA) is 244 Å². The molecule has 25 heavy (non-hydrogen) atoms. The highest BCUT2D eigenvalue weighted by Gasteiger charge is 2.36. The molecule has 0 spiro atoms. The Bertz CT molecular complexity index is 458. The van der Waals surface area contributed by atoms with Crippen molar-refractivity contribution in [3.05, 3.63) is 0 Å². The van der Waals surface area contributed by atoms with Crippen LogP contribution in [0.4, 0.5) is 0 Å². The van der Waals surface area contributed by atoms with Crippen LogP contribution in [-0.2, 0) is 19.4 Å². The van der Waals surface area contributed by atoms with Crippen molar-refractivity contribution in [3.8, 4) is 0 Å². The Morgan fingerprint density at radius 3 is 2.08 bits per heavy atom. The number of hydrogen-bond acceptors (Lipinski definition) is 11. The second-order valence-electron chi connectivity index (χ2n) is 5.04. The zero-order valence-corrected chi connectivity index (χ0v) is 13.3. The van der Waals surface area contributed by atoms with Gasteiger partial charge >= 0.3 is 11.9 Å². The summed E-state index contributed by atoms with van der Waals surface area (Å²) >= 11 is 0. The van der Waals surface area contributed by atoms with Crippen LogP contribution >= 0.6 is 0 Å². The molecule has 0 fully saturated rings. The van der Waals surface area contributed by atoms with E-state index in [1.165, 1.54) is 0 Å². The summed E-state index contributed by atoms with van der Waals surface area (Å²) in [6.07, 6.45) is -7.93. The fraction of sp³-hybridized carbons (Fsp3) is 0.750. The Morgan fingerprint density at radius 1 is 1.00 bits per heavy atom. The molecule has 5 atom stereocenters. The first-order valence-electron chi connectivity index (χ1n) is 7.18. The molecule has 0 amide bonds. The Morgan fingerprint density at radius 2 is 1.56 bits per heavy atom. The highest BCUT2D eigenvalue weighted by Crippen LogP contribution is 2.07. The molecule has 0 aromatic rings. The molecule has 0 rings (SSSR count). The molecule has 0 heterocycles. The molecule has 5 unspecified atom stereocenters. The fourth-order valence-corrected chi connectivity index (χ4v) is 1.49. The zero-order valence-electron chi connectivity index (χ0n) is 13.3. The van der Waals surface area contributed by atoms with Crippen LogP contribution in [0.3, 0.4) is 0 Å². The first kappa shape index (κ1) is 23.0. The van der Waals surface area contributed by atoms with Gasteiger partial charge in [-0.05, 0) is 12.8 Å². The van der Waals surface area contributed by atoms with E-state index in [9.17, 15) is 24.9 Å². The lowest BCUT2D eigenvalue weighted by Gasteiger charge is -2.23. The van der Waals surface area contributed by atoms with Gasteiger partial charge in [0, 0.05) is 6.54 Å². The number of aliphatic hydroxyl groups excluding tert-OH is 5. The van der Waals surface area contributed by atoms with Crippen LogP contribution in [0.1, 0.15) is 12.8 Å². The number of nitrogens with zero attached hydrogens (tertiary/aromatic N) is 1. The number of aliphatic hydroxyl groups is 5. The second kappa shape index (κ2) is 11.5. The average Bonchev–Trinajstić information content (AvgIpc) is 2.59. The van der Waals surface area contributed by atoms with Crippen LogP contribution in [-0.4, -0.2) is 87.0 Å². The lowest BCUT2D eigenvalue weighted by molar-refractivity contribution is -0.269. The van der Waals surface area contributed by atoms with E-state index in [1.807, 2.05) is 0 Å². The summed E-state index contributed by atoms with van der Waals surface area (Å²) in [5, 5.41) is 45.9. The van der Waals surface area contributed by atoms with Crippen molar-refractivity contribution in [1.82, 2.24) is 0 Å². The lowest BCUT2D eigenvalue weighted by atomic mass is 10.0. The largest absolute Gasteiger partial charge is 0.394 e. The molecule has 0 aliphatic heterocycles. The van der Waals surface area contributed by atoms with E-state index in [0.29, 0.717) is 6.42 Å². The number of guanidine groups is 1. The van der Waals surface area contributed by atoms with E-state index in [2.05, 4.69) is 14.8 Å². The zero-order chi connectivity index (χ0) is 19.6. The summed E-state index contributed by atoms with van der Waals surface area (Å²) in [7, 11) is 0. The van der Waals surface area contributed by atoms with Gasteiger partial charge in [0.15, 0.2) is 12.1 Å². The third-order valence-corrected chi connectivity index (χ3v) is 2.97. The van der Waals surface area contributed by atoms with Gasteiger partial charge in [0.2, 0.25) is 0 Å². The lowest BCUT2D eigenvalue weighted by Crippen LogP contribution is -2.49. The van der Waals surface area contributed by atoms with Crippen molar-refractivity contribution in [2.75, 3.05) is 13.2 Å². The maximum absolute atomic E-state index is 11.5. The fourth-order valence-electron chi connectivity index (χ4n) is 1.49. The quantitative estimate of drug-likeness (QED) is 0.0592. The van der Waals surface area contributed by atoms with Gasteiger partial charge in [-0.15, -0.1) is 0 Å². The predicted molar refractivity (Wildman–Crippen MR) is 81.2 cm³/mol. The monoisotopic (exact) mass is 368 g/mol. The van der Waals surface area contributed by atoms with Crippen LogP contribution in [0.15, 0.2) is 4.99 Å². The maximum Gasteiger partial charge on any atom is 0.386 e. The van der Waals surface area contributed by atoms with Gasteiger partial charge in [-0.1, -0.05) is 0 Å². The van der Waals surface area contributed by atoms with Crippen LogP contribution in [0.2, 0.25) is 0 Å². The van der Waals surface area contributed by atoms with E-state index in [4.69, 9.17) is 27.4 Å². The summed E-state index contributed by atoms with van der Waals surface area (Å²) in [6, 6.07) is -1.16. The molecular weight excluding hydrogens is 344 g/mol. The van der Waals surface area contributed by atoms with Gasteiger partial charge in [-0.2, -0.15) is 0 Å². The SMILES string of the molecule is NC(N)=NCCCC(N)C(=O)OOC(=O)C(O)C(O)C(O)C(O)CO. The molecule has 0 radical (unpaired) electrons. The Labute approximate surface area is 142 Å². The molecule has 13 heteroatoms. The Hall–Kier alpha value is -2.03. The van der Waals surface area contributed by atoms with Gasteiger partial charge in [0.05, 0.1) is 6.61 Å². The molecule has 146 valence electrons. The Kier molecular flexibility index (Phi) is 10.6. The van der Waals surface area contributed by atoms with E-state index in [0.717, 1.165) is 0 Å². The average molecular weight is 368 g/mol. The van der Waals surface area contributed by atoms with E-state index in [-0.39, 0.29) is 18.9 Å². The molecule has 11 N–H and O–H groups in total. The number of carbonyl (C=O) groups excluding carboxylic acids is 2. The van der Waals surface area contributed by atoms with Crippen LogP contribution < -0.4 is 17.2 Å². The number of aliphatic imine (C=N–C) groups is 1. The van der Waals surface area contributed by atoms with Gasteiger partial charge in [0.25, 0.3) is 0 Å². The minimum Gasteiger partial charge on any atom is -0.394 e. The van der Waals surface area contributed by atoms with Crippen molar-refractivity contribution in [1.29, 1.82) is 0 Å². The molecule has 0 aromatic carbocycles. The minimum absolute atomic E-state index is 0.111. The molecule has 0 aliphatic rings. The molecule has 13 nitrogen and oxygen atoms in total. The van der Waals surface area contributed by atoms with E-state index < -0.39 is 49.0 Å². The standard InChI is InChI=1S/C12H24N4O9/c13-5(2-1-3-16-12(14)15)10(22)24-25-11(23)9(21)8(20)7(19)6(18)4-17/h5-9,17-21H,1-4,13H2,(H4,14,15,16). The molecule has 0 aromatic heterocycles. The third-order valence-electron chi connectivity index (χ3n) is 2.97. The van der Waals surface area contributed by atoms with Crippen molar-refractivity contribution >= 4 is 17.9 Å². The second-order valence-corrected chi connectivity index (χ2v) is 5.04. The summed E-state index contributed by atoms with van der Waals surface area (Å²) in [4.78, 5) is 34.7. The van der Waals surface area contributed by atoms with Gasteiger partial charge in [-0.25, -0.2) is 19.4 Å². The van der Waals surface area contributed by atoms with Crippen LogP contribution in [0.25, 0.3) is 0 Å². The highest BCUT2D eigenvalue weighted by atomic mass is 17.2. The van der Waals surface area contributed by atoms with Crippen molar-refractivity contribution < 1.29 is 44.9 Å². The summed E-state index contributed by atoms with van der Waals surface area (Å²) < 4.78 is 0. The molecule has 0 aliphatic carbocycles. The van der Waals surface area contributed by atoms with Gasteiger partial charge < -0.3 is 42.7 Å². The van der Waals surface area contributed by atoms with Crippen LogP contribution in [0, 0.1) is 0 Å². The maximum atomic E-state index is 11.5. The molecule has 0 saturated carbocycles. The molecule has 0 bridgehead atoms. The summed E-state index contributed by atoms with van der Waals surface area (Å²) in [6.45, 7) is -0.706. The minimum atomic E-state index is -2.35. The number of rotatable bonds is 10. The smallest absolute Gasteiger partial charge is 0.386 e. The van der Waals surface area contributed by atoms with Crippen molar-refractivity contribution in [3.63, 3.8) is 0 Å². The molecular formula is C12H24N4O9. The molecule has 0 saturated heterocycles. The number of hydrogen-bond donors (Lipinski definition) is 8.